The first-order valence-electron chi connectivity index (χ1n) is 7.17. The molecule has 1 aromatic heterocycles. The number of ether oxygens (including phenoxy) is 1. The summed E-state index contributed by atoms with van der Waals surface area (Å²) in [6.45, 7) is 3.84. The minimum Gasteiger partial charge on any atom is -0.487 e. The summed E-state index contributed by atoms with van der Waals surface area (Å²) in [5.41, 5.74) is 6.90. The molecule has 2 rings (SSSR count). The number of benzene rings is 1. The van der Waals surface area contributed by atoms with Crippen molar-refractivity contribution in [3.05, 3.63) is 73.8 Å². The van der Waals surface area contributed by atoms with Crippen molar-refractivity contribution in [2.75, 3.05) is 0 Å². The van der Waals surface area contributed by atoms with E-state index in [2.05, 4.69) is 15.9 Å². The third-order valence-corrected chi connectivity index (χ3v) is 4.24. The molecule has 0 aliphatic heterocycles. The van der Waals surface area contributed by atoms with E-state index in [1.165, 1.54) is 12.3 Å². The molecule has 1 heterocycles. The summed E-state index contributed by atoms with van der Waals surface area (Å²) >= 11 is 3.22. The van der Waals surface area contributed by atoms with Crippen molar-refractivity contribution < 1.29 is 13.5 Å². The lowest BCUT2D eigenvalue weighted by Gasteiger charge is -2.15. The van der Waals surface area contributed by atoms with E-state index in [9.17, 15) is 13.6 Å². The Morgan fingerprint density at radius 1 is 1.38 bits per heavy atom. The van der Waals surface area contributed by atoms with Gasteiger partial charge in [0.1, 0.15) is 28.5 Å². The van der Waals surface area contributed by atoms with Gasteiger partial charge in [0, 0.05) is 29.9 Å². The Morgan fingerprint density at radius 3 is 2.71 bits per heavy atom. The largest absolute Gasteiger partial charge is 0.487 e. The van der Waals surface area contributed by atoms with Crippen LogP contribution in [0.5, 0.6) is 5.75 Å². The summed E-state index contributed by atoms with van der Waals surface area (Å²) in [4.78, 5) is 12.4. The molecule has 24 heavy (non-hydrogen) atoms. The summed E-state index contributed by atoms with van der Waals surface area (Å²) in [6, 6.07) is 4.93. The second-order valence-electron chi connectivity index (χ2n) is 5.39. The van der Waals surface area contributed by atoms with Crippen molar-refractivity contribution in [1.29, 1.82) is 0 Å². The van der Waals surface area contributed by atoms with Crippen LogP contribution in [0.1, 0.15) is 18.2 Å². The van der Waals surface area contributed by atoms with Gasteiger partial charge in [0.05, 0.1) is 0 Å². The first kappa shape index (κ1) is 18.2. The van der Waals surface area contributed by atoms with Crippen molar-refractivity contribution in [2.45, 2.75) is 27.0 Å². The molecule has 0 amide bonds. The zero-order valence-electron chi connectivity index (χ0n) is 13.3. The van der Waals surface area contributed by atoms with Crippen LogP contribution in [0.4, 0.5) is 8.78 Å². The number of allylic oxidation sites excluding steroid dienone is 1. The molecule has 0 saturated carbocycles. The van der Waals surface area contributed by atoms with Crippen molar-refractivity contribution >= 4 is 15.9 Å². The standard InChI is InChI=1S/C17H17BrF2N2O2/c1-10(7-21)8-22-11(2)5-15(16(18)17(22)23)24-9-12-3-4-13(19)6-14(12)20/h3-7H,8-9,21H2,1-2H3/b10-7+. The second kappa shape index (κ2) is 7.61. The van der Waals surface area contributed by atoms with E-state index >= 15 is 0 Å². The lowest BCUT2D eigenvalue weighted by molar-refractivity contribution is 0.295. The van der Waals surface area contributed by atoms with E-state index in [-0.39, 0.29) is 22.2 Å². The number of hydrogen-bond acceptors (Lipinski definition) is 3. The van der Waals surface area contributed by atoms with Crippen LogP contribution in [0, 0.1) is 18.6 Å². The molecule has 0 spiro atoms. The number of halogens is 3. The van der Waals surface area contributed by atoms with Crippen molar-refractivity contribution in [1.82, 2.24) is 4.57 Å². The smallest absolute Gasteiger partial charge is 0.269 e. The van der Waals surface area contributed by atoms with Crippen LogP contribution in [-0.4, -0.2) is 4.57 Å². The Labute approximate surface area is 146 Å². The van der Waals surface area contributed by atoms with Crippen LogP contribution < -0.4 is 16.0 Å². The minimum atomic E-state index is -0.695. The molecule has 128 valence electrons. The number of aromatic nitrogens is 1. The highest BCUT2D eigenvalue weighted by molar-refractivity contribution is 9.10. The van der Waals surface area contributed by atoms with E-state index in [1.807, 2.05) is 6.92 Å². The number of rotatable bonds is 5. The summed E-state index contributed by atoms with van der Waals surface area (Å²) in [5, 5.41) is 0. The molecule has 0 saturated heterocycles. The van der Waals surface area contributed by atoms with Gasteiger partial charge in [-0.25, -0.2) is 8.78 Å². The number of nitrogens with zero attached hydrogens (tertiary/aromatic N) is 1. The molecular formula is C17H17BrF2N2O2. The Morgan fingerprint density at radius 2 is 2.08 bits per heavy atom. The van der Waals surface area contributed by atoms with Crippen molar-refractivity contribution in [3.8, 4) is 5.75 Å². The molecule has 0 atom stereocenters. The second-order valence-corrected chi connectivity index (χ2v) is 6.19. The Hall–Kier alpha value is -2.15. The minimum absolute atomic E-state index is 0.116. The monoisotopic (exact) mass is 398 g/mol. The summed E-state index contributed by atoms with van der Waals surface area (Å²) in [5.74, 6) is -1.05. The molecule has 0 bridgehead atoms. The summed E-state index contributed by atoms with van der Waals surface area (Å²) in [7, 11) is 0. The molecule has 4 nitrogen and oxygen atoms in total. The Balaban J connectivity index is 2.27. The van der Waals surface area contributed by atoms with Gasteiger partial charge in [0.25, 0.3) is 5.56 Å². The molecule has 7 heteroatoms. The molecule has 0 aliphatic rings. The molecule has 2 N–H and O–H groups in total. The molecule has 0 radical (unpaired) electrons. The average Bonchev–Trinajstić information content (AvgIpc) is 2.54. The zero-order valence-corrected chi connectivity index (χ0v) is 14.9. The van der Waals surface area contributed by atoms with E-state index in [0.29, 0.717) is 18.0 Å². The molecule has 2 aromatic rings. The Kier molecular flexibility index (Phi) is 5.77. The summed E-state index contributed by atoms with van der Waals surface area (Å²) < 4.78 is 33.9. The van der Waals surface area contributed by atoms with Crippen LogP contribution >= 0.6 is 15.9 Å². The molecule has 0 aliphatic carbocycles. The van der Waals surface area contributed by atoms with Gasteiger partial charge in [-0.1, -0.05) is 0 Å². The fraction of sp³-hybridized carbons (Fsp3) is 0.235. The fourth-order valence-electron chi connectivity index (χ4n) is 2.11. The lowest BCUT2D eigenvalue weighted by atomic mass is 10.2. The first-order valence-corrected chi connectivity index (χ1v) is 7.96. The van der Waals surface area contributed by atoms with Gasteiger partial charge in [-0.2, -0.15) is 0 Å². The maximum Gasteiger partial charge on any atom is 0.269 e. The molecule has 0 unspecified atom stereocenters. The number of hydrogen-bond donors (Lipinski definition) is 1. The zero-order chi connectivity index (χ0) is 17.9. The van der Waals surface area contributed by atoms with Gasteiger partial charge >= 0.3 is 0 Å². The third-order valence-electron chi connectivity index (χ3n) is 3.51. The number of aryl methyl sites for hydroxylation is 1. The molecule has 1 aromatic carbocycles. The SMILES string of the molecule is C/C(=C\N)Cn1c(C)cc(OCc2ccc(F)cc2F)c(Br)c1=O. The molecular weight excluding hydrogens is 382 g/mol. The van der Waals surface area contributed by atoms with Crippen molar-refractivity contribution in [2.24, 2.45) is 5.73 Å². The number of pyridine rings is 1. The third kappa shape index (κ3) is 4.03. The van der Waals surface area contributed by atoms with Gasteiger partial charge in [-0.15, -0.1) is 0 Å². The van der Waals surface area contributed by atoms with E-state index in [4.69, 9.17) is 10.5 Å². The van der Waals surface area contributed by atoms with Crippen molar-refractivity contribution in [3.63, 3.8) is 0 Å². The van der Waals surface area contributed by atoms with Crippen LogP contribution in [-0.2, 0) is 13.2 Å². The van der Waals surface area contributed by atoms with Crippen LogP contribution in [0.3, 0.4) is 0 Å². The quantitative estimate of drug-likeness (QED) is 0.836. The molecule has 0 fully saturated rings. The highest BCUT2D eigenvalue weighted by Gasteiger charge is 2.13. The highest BCUT2D eigenvalue weighted by atomic mass is 79.9. The van der Waals surface area contributed by atoms with E-state index in [1.54, 1.807) is 17.6 Å². The van der Waals surface area contributed by atoms with Crippen LogP contribution in [0.2, 0.25) is 0 Å². The predicted octanol–water partition coefficient (Wildman–Crippen LogP) is 3.64. The van der Waals surface area contributed by atoms with Crippen LogP contribution in [0.15, 0.2) is 45.3 Å². The summed E-state index contributed by atoms with van der Waals surface area (Å²) in [6.07, 6.45) is 1.45. The highest BCUT2D eigenvalue weighted by Crippen LogP contribution is 2.24. The van der Waals surface area contributed by atoms with Gasteiger partial charge in [0.15, 0.2) is 0 Å². The predicted molar refractivity (Wildman–Crippen MR) is 91.8 cm³/mol. The van der Waals surface area contributed by atoms with Gasteiger partial charge in [0.2, 0.25) is 0 Å². The maximum atomic E-state index is 13.6. The lowest BCUT2D eigenvalue weighted by Crippen LogP contribution is -2.24. The number of nitrogens with two attached hydrogens (primary N) is 1. The van der Waals surface area contributed by atoms with E-state index < -0.39 is 11.6 Å². The topological polar surface area (TPSA) is 57.2 Å². The van der Waals surface area contributed by atoms with Gasteiger partial charge in [-0.05, 0) is 53.7 Å². The van der Waals surface area contributed by atoms with Gasteiger partial charge in [-0.3, -0.25) is 4.79 Å². The normalized spacial score (nSPS) is 11.6. The fourth-order valence-corrected chi connectivity index (χ4v) is 2.56. The van der Waals surface area contributed by atoms with E-state index in [0.717, 1.165) is 17.7 Å². The van der Waals surface area contributed by atoms with Crippen LogP contribution in [0.25, 0.3) is 0 Å². The first-order chi connectivity index (χ1) is 11.3. The maximum absolute atomic E-state index is 13.6. The van der Waals surface area contributed by atoms with Gasteiger partial charge < -0.3 is 15.0 Å². The average molecular weight is 399 g/mol. The Bertz CT molecular complexity index is 847.